The van der Waals surface area contributed by atoms with Crippen molar-refractivity contribution in [3.63, 3.8) is 0 Å². The number of nitrogens with one attached hydrogen (secondary N) is 1. The van der Waals surface area contributed by atoms with Crippen molar-refractivity contribution in [2.75, 3.05) is 24.3 Å². The zero-order valence-corrected chi connectivity index (χ0v) is 10.5. The summed E-state index contributed by atoms with van der Waals surface area (Å²) in [6.07, 6.45) is 2.07. The van der Waals surface area contributed by atoms with Crippen LogP contribution in [-0.2, 0) is 0 Å². The lowest BCUT2D eigenvalue weighted by molar-refractivity contribution is 0.0949. The van der Waals surface area contributed by atoms with Crippen LogP contribution < -0.4 is 11.1 Å². The Morgan fingerprint density at radius 1 is 1.44 bits per heavy atom. The zero-order chi connectivity index (χ0) is 12.0. The van der Waals surface area contributed by atoms with Gasteiger partial charge in [0.05, 0.1) is 0 Å². The average Bonchev–Trinajstić information content (AvgIpc) is 2.27. The van der Waals surface area contributed by atoms with E-state index in [1.165, 1.54) is 0 Å². The second kappa shape index (κ2) is 6.43. The number of amides is 1. The molecule has 1 amide bonds. The maximum absolute atomic E-state index is 11.7. The van der Waals surface area contributed by atoms with Gasteiger partial charge in [0.1, 0.15) is 0 Å². The summed E-state index contributed by atoms with van der Waals surface area (Å²) in [4.78, 5) is 11.7. The zero-order valence-electron chi connectivity index (χ0n) is 9.69. The summed E-state index contributed by atoms with van der Waals surface area (Å²) >= 11 is 1.79. The molecule has 0 aromatic heterocycles. The molecular formula is C12H18N2OS. The first-order chi connectivity index (χ1) is 7.63. The Hall–Kier alpha value is -1.16. The molecule has 0 aliphatic heterocycles. The molecule has 1 atom stereocenters. The Morgan fingerprint density at radius 3 is 2.62 bits per heavy atom. The summed E-state index contributed by atoms with van der Waals surface area (Å²) in [6.45, 7) is 2.84. The van der Waals surface area contributed by atoms with Crippen LogP contribution in [-0.4, -0.2) is 24.5 Å². The Labute approximate surface area is 101 Å². The molecule has 0 fully saturated rings. The SMILES string of the molecule is CSCC(C)CNC(=O)c1ccc(N)cc1. The van der Waals surface area contributed by atoms with Gasteiger partial charge in [-0.05, 0) is 42.2 Å². The van der Waals surface area contributed by atoms with Crippen LogP contribution in [0, 0.1) is 5.92 Å². The minimum atomic E-state index is -0.0343. The van der Waals surface area contributed by atoms with Gasteiger partial charge >= 0.3 is 0 Å². The molecule has 1 aromatic carbocycles. The van der Waals surface area contributed by atoms with Crippen LogP contribution in [0.25, 0.3) is 0 Å². The summed E-state index contributed by atoms with van der Waals surface area (Å²) in [5.41, 5.74) is 6.89. The first-order valence-electron chi connectivity index (χ1n) is 5.26. The molecular weight excluding hydrogens is 220 g/mol. The van der Waals surface area contributed by atoms with Crippen molar-refractivity contribution in [3.05, 3.63) is 29.8 Å². The molecule has 0 aliphatic rings. The lowest BCUT2D eigenvalue weighted by Gasteiger charge is -2.11. The first kappa shape index (κ1) is 12.9. The Kier molecular flexibility index (Phi) is 5.19. The average molecular weight is 238 g/mol. The van der Waals surface area contributed by atoms with Gasteiger partial charge in [-0.3, -0.25) is 4.79 Å². The standard InChI is InChI=1S/C12H18N2OS/c1-9(8-16-2)7-14-12(15)10-3-5-11(13)6-4-10/h3-6,9H,7-8,13H2,1-2H3,(H,14,15). The van der Waals surface area contributed by atoms with E-state index < -0.39 is 0 Å². The van der Waals surface area contributed by atoms with Gasteiger partial charge in [-0.1, -0.05) is 6.92 Å². The number of carbonyl (C=O) groups is 1. The van der Waals surface area contributed by atoms with Crippen LogP contribution in [0.15, 0.2) is 24.3 Å². The highest BCUT2D eigenvalue weighted by Crippen LogP contribution is 2.06. The van der Waals surface area contributed by atoms with Crippen molar-refractivity contribution in [3.8, 4) is 0 Å². The third kappa shape index (κ3) is 4.14. The van der Waals surface area contributed by atoms with Gasteiger partial charge in [-0.15, -0.1) is 0 Å². The largest absolute Gasteiger partial charge is 0.399 e. The van der Waals surface area contributed by atoms with Crippen molar-refractivity contribution >= 4 is 23.4 Å². The fraction of sp³-hybridized carbons (Fsp3) is 0.417. The topological polar surface area (TPSA) is 55.1 Å². The summed E-state index contributed by atoms with van der Waals surface area (Å²) in [5, 5.41) is 2.91. The smallest absolute Gasteiger partial charge is 0.251 e. The number of benzene rings is 1. The van der Waals surface area contributed by atoms with E-state index in [1.807, 2.05) is 0 Å². The number of carbonyl (C=O) groups excluding carboxylic acids is 1. The molecule has 88 valence electrons. The molecule has 1 aromatic rings. The van der Waals surface area contributed by atoms with Crippen molar-refractivity contribution < 1.29 is 4.79 Å². The van der Waals surface area contributed by atoms with E-state index in [4.69, 9.17) is 5.73 Å². The summed E-state index contributed by atoms with van der Waals surface area (Å²) < 4.78 is 0. The van der Waals surface area contributed by atoms with Crippen molar-refractivity contribution in [1.82, 2.24) is 5.32 Å². The molecule has 0 bridgehead atoms. The number of rotatable bonds is 5. The molecule has 0 heterocycles. The maximum atomic E-state index is 11.7. The highest BCUT2D eigenvalue weighted by Gasteiger charge is 2.06. The van der Waals surface area contributed by atoms with Gasteiger partial charge in [0, 0.05) is 17.8 Å². The molecule has 3 nitrogen and oxygen atoms in total. The van der Waals surface area contributed by atoms with Crippen molar-refractivity contribution in [2.45, 2.75) is 6.92 Å². The first-order valence-corrected chi connectivity index (χ1v) is 6.65. The Morgan fingerprint density at radius 2 is 2.06 bits per heavy atom. The summed E-state index contributed by atoms with van der Waals surface area (Å²) in [5.74, 6) is 1.52. The van der Waals surface area contributed by atoms with Crippen molar-refractivity contribution in [1.29, 1.82) is 0 Å². The number of nitrogen functional groups attached to an aromatic ring is 1. The van der Waals surface area contributed by atoms with Crippen LogP contribution in [0.2, 0.25) is 0 Å². The van der Waals surface area contributed by atoms with Gasteiger partial charge in [0.2, 0.25) is 0 Å². The van der Waals surface area contributed by atoms with E-state index in [9.17, 15) is 4.79 Å². The van der Waals surface area contributed by atoms with Gasteiger partial charge in [0.25, 0.3) is 5.91 Å². The Bertz CT molecular complexity index is 337. The fourth-order valence-electron chi connectivity index (χ4n) is 1.35. The number of hydrogen-bond donors (Lipinski definition) is 2. The van der Waals surface area contributed by atoms with Gasteiger partial charge in [0.15, 0.2) is 0 Å². The molecule has 0 spiro atoms. The molecule has 0 saturated heterocycles. The number of thioether (sulfide) groups is 1. The number of nitrogens with two attached hydrogens (primary N) is 1. The number of hydrogen-bond acceptors (Lipinski definition) is 3. The molecule has 3 N–H and O–H groups in total. The molecule has 0 saturated carbocycles. The molecule has 0 radical (unpaired) electrons. The van der Waals surface area contributed by atoms with E-state index in [0.29, 0.717) is 23.7 Å². The monoisotopic (exact) mass is 238 g/mol. The fourth-order valence-corrected chi connectivity index (χ4v) is 2.03. The third-order valence-electron chi connectivity index (χ3n) is 2.24. The van der Waals surface area contributed by atoms with Gasteiger partial charge in [-0.2, -0.15) is 11.8 Å². The van der Waals surface area contributed by atoms with E-state index in [1.54, 1.807) is 36.0 Å². The van der Waals surface area contributed by atoms with Crippen LogP contribution in [0.1, 0.15) is 17.3 Å². The Balaban J connectivity index is 2.43. The summed E-state index contributed by atoms with van der Waals surface area (Å²) in [7, 11) is 0. The molecule has 1 unspecified atom stereocenters. The van der Waals surface area contributed by atoms with Crippen LogP contribution in [0.4, 0.5) is 5.69 Å². The minimum absolute atomic E-state index is 0.0343. The van der Waals surface area contributed by atoms with E-state index in [-0.39, 0.29) is 5.91 Å². The van der Waals surface area contributed by atoms with E-state index >= 15 is 0 Å². The molecule has 4 heteroatoms. The molecule has 16 heavy (non-hydrogen) atoms. The van der Waals surface area contributed by atoms with E-state index in [0.717, 1.165) is 5.75 Å². The molecule has 1 rings (SSSR count). The predicted octanol–water partition coefficient (Wildman–Crippen LogP) is 2.00. The quantitative estimate of drug-likeness (QED) is 0.771. The lowest BCUT2D eigenvalue weighted by Crippen LogP contribution is -2.29. The molecule has 0 aliphatic carbocycles. The normalized spacial score (nSPS) is 12.1. The maximum Gasteiger partial charge on any atom is 0.251 e. The third-order valence-corrected chi connectivity index (χ3v) is 3.14. The number of anilines is 1. The predicted molar refractivity (Wildman–Crippen MR) is 70.7 cm³/mol. The van der Waals surface area contributed by atoms with Crippen LogP contribution in [0.5, 0.6) is 0 Å². The highest BCUT2D eigenvalue weighted by molar-refractivity contribution is 7.98. The minimum Gasteiger partial charge on any atom is -0.399 e. The van der Waals surface area contributed by atoms with Crippen LogP contribution in [0.3, 0.4) is 0 Å². The van der Waals surface area contributed by atoms with Gasteiger partial charge < -0.3 is 11.1 Å². The highest BCUT2D eigenvalue weighted by atomic mass is 32.2. The summed E-state index contributed by atoms with van der Waals surface area (Å²) in [6, 6.07) is 6.95. The van der Waals surface area contributed by atoms with Crippen LogP contribution >= 0.6 is 11.8 Å². The van der Waals surface area contributed by atoms with Crippen molar-refractivity contribution in [2.24, 2.45) is 5.92 Å². The lowest BCUT2D eigenvalue weighted by atomic mass is 10.1. The second-order valence-corrected chi connectivity index (χ2v) is 4.80. The van der Waals surface area contributed by atoms with E-state index in [2.05, 4.69) is 18.5 Å². The van der Waals surface area contributed by atoms with Gasteiger partial charge in [-0.25, -0.2) is 0 Å². The second-order valence-electron chi connectivity index (χ2n) is 3.89.